The number of nitrogens with one attached hydrogen (secondary N) is 1. The van der Waals surface area contributed by atoms with E-state index >= 15 is 0 Å². The van der Waals surface area contributed by atoms with E-state index in [0.29, 0.717) is 5.02 Å². The van der Waals surface area contributed by atoms with Crippen molar-refractivity contribution in [1.82, 2.24) is 5.32 Å². The zero-order valence-electron chi connectivity index (χ0n) is 14.3. The number of carbonyl (C=O) groups excluding carboxylic acids is 2. The summed E-state index contributed by atoms with van der Waals surface area (Å²) in [6, 6.07) is 5.33. The molecule has 0 saturated carbocycles. The maximum absolute atomic E-state index is 12.1. The highest BCUT2D eigenvalue weighted by molar-refractivity contribution is 7.91. The third-order valence-corrected chi connectivity index (χ3v) is 6.31. The first-order valence-electron chi connectivity index (χ1n) is 7.99. The smallest absolute Gasteiger partial charge is 0.374 e. The van der Waals surface area contributed by atoms with Crippen molar-refractivity contribution < 1.29 is 27.2 Å². The Labute approximate surface area is 159 Å². The molecule has 10 heteroatoms. The van der Waals surface area contributed by atoms with Crippen LogP contribution in [0.4, 0.5) is 0 Å². The molecule has 1 atom stereocenters. The Morgan fingerprint density at radius 3 is 2.74 bits per heavy atom. The SMILES string of the molecule is C[C@@]1(NC(=O)COC(=O)c2cc(=O)c3cc(Cl)ccc3o2)CCS(=O)(=O)C1. The molecule has 0 unspecified atom stereocenters. The number of fused-ring (bicyclic) bond motifs is 1. The van der Waals surface area contributed by atoms with Crippen LogP contribution < -0.4 is 10.7 Å². The Kier molecular flexibility index (Phi) is 5.00. The number of halogens is 1. The van der Waals surface area contributed by atoms with Gasteiger partial charge in [-0.25, -0.2) is 13.2 Å². The van der Waals surface area contributed by atoms with Gasteiger partial charge in [0.05, 0.1) is 22.4 Å². The van der Waals surface area contributed by atoms with Crippen LogP contribution in [0.5, 0.6) is 0 Å². The minimum Gasteiger partial charge on any atom is -0.450 e. The predicted molar refractivity (Wildman–Crippen MR) is 97.6 cm³/mol. The van der Waals surface area contributed by atoms with Gasteiger partial charge in [-0.05, 0) is 31.5 Å². The van der Waals surface area contributed by atoms with E-state index in [9.17, 15) is 22.8 Å². The predicted octanol–water partition coefficient (Wildman–Crippen LogP) is 1.30. The van der Waals surface area contributed by atoms with Gasteiger partial charge in [0.25, 0.3) is 5.91 Å². The molecule has 3 rings (SSSR count). The number of carbonyl (C=O) groups is 2. The third-order valence-electron chi connectivity index (χ3n) is 4.17. The lowest BCUT2D eigenvalue weighted by Gasteiger charge is -2.23. The number of rotatable bonds is 4. The van der Waals surface area contributed by atoms with Gasteiger partial charge in [0.2, 0.25) is 5.76 Å². The number of esters is 1. The number of hydrogen-bond donors (Lipinski definition) is 1. The molecule has 144 valence electrons. The fraction of sp³-hybridized carbons (Fsp3) is 0.353. The summed E-state index contributed by atoms with van der Waals surface area (Å²) >= 11 is 5.82. The first kappa shape index (κ1) is 19.4. The van der Waals surface area contributed by atoms with Crippen LogP contribution in [0, 0.1) is 0 Å². The maximum atomic E-state index is 12.1. The van der Waals surface area contributed by atoms with Crippen molar-refractivity contribution in [2.24, 2.45) is 0 Å². The summed E-state index contributed by atoms with van der Waals surface area (Å²) in [6.45, 7) is 0.988. The molecule has 1 amide bonds. The van der Waals surface area contributed by atoms with E-state index < -0.39 is 39.3 Å². The molecule has 1 aliphatic rings. The maximum Gasteiger partial charge on any atom is 0.374 e. The van der Waals surface area contributed by atoms with Gasteiger partial charge in [0.1, 0.15) is 5.58 Å². The Morgan fingerprint density at radius 1 is 1.33 bits per heavy atom. The summed E-state index contributed by atoms with van der Waals surface area (Å²) < 4.78 is 33.3. The molecule has 27 heavy (non-hydrogen) atoms. The summed E-state index contributed by atoms with van der Waals surface area (Å²) in [6.07, 6.45) is 0.289. The van der Waals surface area contributed by atoms with E-state index in [1.54, 1.807) is 6.92 Å². The number of ether oxygens (including phenoxy) is 1. The minimum absolute atomic E-state index is 0.00414. The fourth-order valence-corrected chi connectivity index (χ4v) is 5.18. The van der Waals surface area contributed by atoms with Crippen molar-refractivity contribution in [3.05, 3.63) is 45.3 Å². The Bertz CT molecular complexity index is 1090. The van der Waals surface area contributed by atoms with Crippen LogP contribution >= 0.6 is 11.6 Å². The average molecular weight is 414 g/mol. The topological polar surface area (TPSA) is 120 Å². The molecule has 0 bridgehead atoms. The van der Waals surface area contributed by atoms with Gasteiger partial charge in [0, 0.05) is 11.1 Å². The van der Waals surface area contributed by atoms with Crippen LogP contribution in [-0.4, -0.2) is 43.9 Å². The molecule has 1 aromatic heterocycles. The van der Waals surface area contributed by atoms with E-state index in [2.05, 4.69) is 5.32 Å². The van der Waals surface area contributed by atoms with Gasteiger partial charge in [0.15, 0.2) is 21.9 Å². The van der Waals surface area contributed by atoms with E-state index in [0.717, 1.165) is 6.07 Å². The lowest BCUT2D eigenvalue weighted by atomic mass is 10.0. The van der Waals surface area contributed by atoms with Gasteiger partial charge in [-0.2, -0.15) is 0 Å². The minimum atomic E-state index is -3.18. The molecular formula is C17H16ClNO7S. The molecule has 0 spiro atoms. The molecule has 0 aliphatic carbocycles. The van der Waals surface area contributed by atoms with Crippen LogP contribution in [0.3, 0.4) is 0 Å². The van der Waals surface area contributed by atoms with Crippen molar-refractivity contribution in [3.8, 4) is 0 Å². The van der Waals surface area contributed by atoms with Crippen LogP contribution in [0.1, 0.15) is 23.9 Å². The number of sulfone groups is 1. The Morgan fingerprint density at radius 2 is 2.07 bits per heavy atom. The fourth-order valence-electron chi connectivity index (χ4n) is 2.91. The highest BCUT2D eigenvalue weighted by Crippen LogP contribution is 2.22. The van der Waals surface area contributed by atoms with Gasteiger partial charge in [-0.15, -0.1) is 0 Å². The number of hydrogen-bond acceptors (Lipinski definition) is 7. The van der Waals surface area contributed by atoms with E-state index in [1.807, 2.05) is 0 Å². The highest BCUT2D eigenvalue weighted by atomic mass is 35.5. The quantitative estimate of drug-likeness (QED) is 0.750. The first-order chi connectivity index (χ1) is 12.6. The second-order valence-corrected chi connectivity index (χ2v) is 9.26. The van der Waals surface area contributed by atoms with Gasteiger partial charge < -0.3 is 14.5 Å². The van der Waals surface area contributed by atoms with Gasteiger partial charge >= 0.3 is 5.97 Å². The molecule has 0 radical (unpaired) electrons. The molecular weight excluding hydrogens is 398 g/mol. The summed E-state index contributed by atoms with van der Waals surface area (Å²) in [5.41, 5.74) is -1.21. The lowest BCUT2D eigenvalue weighted by molar-refractivity contribution is -0.125. The van der Waals surface area contributed by atoms with Crippen molar-refractivity contribution in [1.29, 1.82) is 0 Å². The van der Waals surface area contributed by atoms with Crippen molar-refractivity contribution in [2.45, 2.75) is 18.9 Å². The molecule has 1 N–H and O–H groups in total. The second kappa shape index (κ2) is 6.97. The Balaban J connectivity index is 1.66. The standard InChI is InChI=1S/C17H16ClNO7S/c1-17(4-5-27(23,24)9-17)19-15(21)8-25-16(22)14-7-12(20)11-6-10(18)2-3-13(11)26-14/h2-3,6-7H,4-5,8-9H2,1H3,(H,19,21)/t17-/m1/s1. The second-order valence-electron chi connectivity index (χ2n) is 6.64. The van der Waals surface area contributed by atoms with Gasteiger partial charge in [-0.3, -0.25) is 9.59 Å². The van der Waals surface area contributed by atoms with Crippen LogP contribution in [0.15, 0.2) is 33.5 Å². The van der Waals surface area contributed by atoms with Crippen LogP contribution in [-0.2, 0) is 19.4 Å². The molecule has 1 aliphatic heterocycles. The van der Waals surface area contributed by atoms with E-state index in [1.165, 1.54) is 18.2 Å². The number of amides is 1. The molecule has 1 saturated heterocycles. The molecule has 2 aromatic rings. The average Bonchev–Trinajstić information content (AvgIpc) is 2.86. The number of benzene rings is 1. The third kappa shape index (κ3) is 4.48. The monoisotopic (exact) mass is 413 g/mol. The van der Waals surface area contributed by atoms with Crippen LogP contribution in [0.25, 0.3) is 11.0 Å². The van der Waals surface area contributed by atoms with Crippen molar-refractivity contribution >= 4 is 44.3 Å². The summed E-state index contributed by atoms with van der Waals surface area (Å²) in [5.74, 6) is -2.14. The largest absolute Gasteiger partial charge is 0.450 e. The highest BCUT2D eigenvalue weighted by Gasteiger charge is 2.39. The summed E-state index contributed by atoms with van der Waals surface area (Å²) in [7, 11) is -3.18. The Hall–Kier alpha value is -2.39. The molecule has 1 fully saturated rings. The normalized spacial score (nSPS) is 21.1. The van der Waals surface area contributed by atoms with Crippen LogP contribution in [0.2, 0.25) is 5.02 Å². The molecule has 8 nitrogen and oxygen atoms in total. The molecule has 1 aromatic carbocycles. The first-order valence-corrected chi connectivity index (χ1v) is 10.2. The zero-order chi connectivity index (χ0) is 19.8. The van der Waals surface area contributed by atoms with Gasteiger partial charge in [-0.1, -0.05) is 11.6 Å². The zero-order valence-corrected chi connectivity index (χ0v) is 15.9. The lowest BCUT2D eigenvalue weighted by Crippen LogP contribution is -2.48. The van der Waals surface area contributed by atoms with E-state index in [-0.39, 0.29) is 34.7 Å². The molecule has 2 heterocycles. The van der Waals surface area contributed by atoms with Crippen molar-refractivity contribution in [2.75, 3.05) is 18.1 Å². The summed E-state index contributed by atoms with van der Waals surface area (Å²) in [5, 5.41) is 3.13. The van der Waals surface area contributed by atoms with E-state index in [4.69, 9.17) is 20.8 Å². The van der Waals surface area contributed by atoms with Crippen molar-refractivity contribution in [3.63, 3.8) is 0 Å². The summed E-state index contributed by atoms with van der Waals surface area (Å²) in [4.78, 5) is 36.1.